The summed E-state index contributed by atoms with van der Waals surface area (Å²) in [5, 5.41) is 8.66. The summed E-state index contributed by atoms with van der Waals surface area (Å²) in [6.07, 6.45) is 6.79. The molecule has 60 valence electrons. The maximum absolute atomic E-state index is 10.5. The molecule has 4 N–H and O–H groups in total. The lowest BCUT2D eigenvalue weighted by Gasteiger charge is -2.18. The molecule has 0 aliphatic heterocycles. The normalized spacial score (nSPS) is 28.8. The SMILES string of the molecule is NNC1C=CC=CC1C(=O)O. The molecule has 0 aromatic heterocycles. The zero-order valence-electron chi connectivity index (χ0n) is 5.90. The monoisotopic (exact) mass is 154 g/mol. The third-order valence-corrected chi connectivity index (χ3v) is 1.61. The number of allylic oxidation sites excluding steroid dienone is 2. The standard InChI is InChI=1S/C7H10N2O2/c8-9-6-4-2-1-3-5(6)7(10)11/h1-6,9H,8H2,(H,10,11). The highest BCUT2D eigenvalue weighted by atomic mass is 16.4. The van der Waals surface area contributed by atoms with E-state index in [2.05, 4.69) is 5.43 Å². The third-order valence-electron chi connectivity index (χ3n) is 1.61. The molecule has 2 atom stereocenters. The molecular formula is C7H10N2O2. The summed E-state index contributed by atoms with van der Waals surface area (Å²) in [4.78, 5) is 10.5. The van der Waals surface area contributed by atoms with Gasteiger partial charge in [-0.2, -0.15) is 0 Å². The largest absolute Gasteiger partial charge is 0.481 e. The van der Waals surface area contributed by atoms with Crippen molar-refractivity contribution in [2.45, 2.75) is 6.04 Å². The molecule has 2 unspecified atom stereocenters. The Hall–Kier alpha value is -1.13. The first-order valence-electron chi connectivity index (χ1n) is 3.29. The predicted octanol–water partition coefficient (Wildman–Crippen LogP) is -0.355. The number of carboxylic acid groups (broad SMARTS) is 1. The summed E-state index contributed by atoms with van der Waals surface area (Å²) in [6.45, 7) is 0. The van der Waals surface area contributed by atoms with E-state index in [4.69, 9.17) is 10.9 Å². The number of hydrogen-bond acceptors (Lipinski definition) is 3. The molecule has 4 nitrogen and oxygen atoms in total. The van der Waals surface area contributed by atoms with Crippen LogP contribution in [-0.4, -0.2) is 17.1 Å². The number of carbonyl (C=O) groups is 1. The van der Waals surface area contributed by atoms with E-state index in [1.807, 2.05) is 0 Å². The molecular weight excluding hydrogens is 144 g/mol. The third kappa shape index (κ3) is 1.66. The van der Waals surface area contributed by atoms with Crippen molar-refractivity contribution in [2.24, 2.45) is 11.8 Å². The van der Waals surface area contributed by atoms with Gasteiger partial charge in [-0.1, -0.05) is 24.3 Å². The zero-order valence-corrected chi connectivity index (χ0v) is 5.90. The number of nitrogens with one attached hydrogen (secondary N) is 1. The van der Waals surface area contributed by atoms with Crippen LogP contribution in [-0.2, 0) is 4.79 Å². The second-order valence-corrected chi connectivity index (χ2v) is 2.33. The van der Waals surface area contributed by atoms with Crippen LogP contribution >= 0.6 is 0 Å². The van der Waals surface area contributed by atoms with Crippen molar-refractivity contribution < 1.29 is 9.90 Å². The van der Waals surface area contributed by atoms with Crippen LogP contribution in [0.4, 0.5) is 0 Å². The van der Waals surface area contributed by atoms with Gasteiger partial charge in [0.25, 0.3) is 0 Å². The first-order valence-corrected chi connectivity index (χ1v) is 3.29. The zero-order chi connectivity index (χ0) is 8.27. The minimum Gasteiger partial charge on any atom is -0.481 e. The van der Waals surface area contributed by atoms with Gasteiger partial charge in [0.05, 0.1) is 12.0 Å². The number of aliphatic carboxylic acids is 1. The van der Waals surface area contributed by atoms with E-state index in [0.29, 0.717) is 0 Å². The van der Waals surface area contributed by atoms with E-state index >= 15 is 0 Å². The molecule has 0 amide bonds. The molecule has 0 heterocycles. The Balaban J connectivity index is 2.70. The number of hydrogen-bond donors (Lipinski definition) is 3. The molecule has 0 spiro atoms. The van der Waals surface area contributed by atoms with Gasteiger partial charge < -0.3 is 5.11 Å². The lowest BCUT2D eigenvalue weighted by atomic mass is 9.96. The number of carboxylic acids is 1. The minimum atomic E-state index is -0.867. The number of nitrogens with two attached hydrogens (primary N) is 1. The van der Waals surface area contributed by atoms with Crippen molar-refractivity contribution in [3.8, 4) is 0 Å². The Bertz CT molecular complexity index is 210. The summed E-state index contributed by atoms with van der Waals surface area (Å²) >= 11 is 0. The average molecular weight is 154 g/mol. The molecule has 1 aliphatic rings. The second-order valence-electron chi connectivity index (χ2n) is 2.33. The molecule has 1 rings (SSSR count). The summed E-state index contributed by atoms with van der Waals surface area (Å²) in [5.41, 5.74) is 2.42. The van der Waals surface area contributed by atoms with Gasteiger partial charge in [0.1, 0.15) is 0 Å². The van der Waals surface area contributed by atoms with Crippen LogP contribution < -0.4 is 11.3 Å². The highest BCUT2D eigenvalue weighted by Crippen LogP contribution is 2.11. The molecule has 0 bridgehead atoms. The summed E-state index contributed by atoms with van der Waals surface area (Å²) < 4.78 is 0. The van der Waals surface area contributed by atoms with E-state index in [0.717, 1.165) is 0 Å². The van der Waals surface area contributed by atoms with Gasteiger partial charge >= 0.3 is 5.97 Å². The summed E-state index contributed by atoms with van der Waals surface area (Å²) in [5.74, 6) is 3.71. The van der Waals surface area contributed by atoms with Crippen molar-refractivity contribution in [1.82, 2.24) is 5.43 Å². The molecule has 11 heavy (non-hydrogen) atoms. The Labute approximate surface area is 64.4 Å². The average Bonchev–Trinajstić information content (AvgIpc) is 2.04. The van der Waals surface area contributed by atoms with Crippen molar-refractivity contribution in [3.05, 3.63) is 24.3 Å². The lowest BCUT2D eigenvalue weighted by molar-refractivity contribution is -0.140. The molecule has 1 aliphatic carbocycles. The van der Waals surface area contributed by atoms with Crippen molar-refractivity contribution >= 4 is 5.97 Å². The van der Waals surface area contributed by atoms with Crippen LogP contribution in [0.2, 0.25) is 0 Å². The first-order chi connectivity index (χ1) is 5.25. The Morgan fingerprint density at radius 1 is 1.45 bits per heavy atom. The van der Waals surface area contributed by atoms with Crippen LogP contribution in [0.5, 0.6) is 0 Å². The van der Waals surface area contributed by atoms with E-state index in [-0.39, 0.29) is 6.04 Å². The van der Waals surface area contributed by atoms with Gasteiger partial charge in [-0.05, 0) is 0 Å². The first kappa shape index (κ1) is 7.97. The smallest absolute Gasteiger partial charge is 0.312 e. The van der Waals surface area contributed by atoms with Gasteiger partial charge in [0, 0.05) is 0 Å². The van der Waals surface area contributed by atoms with Crippen LogP contribution in [0.25, 0.3) is 0 Å². The fraction of sp³-hybridized carbons (Fsp3) is 0.286. The highest BCUT2D eigenvalue weighted by molar-refractivity contribution is 5.74. The minimum absolute atomic E-state index is 0.294. The van der Waals surface area contributed by atoms with Gasteiger partial charge in [-0.15, -0.1) is 0 Å². The summed E-state index contributed by atoms with van der Waals surface area (Å²) in [7, 11) is 0. The fourth-order valence-electron chi connectivity index (χ4n) is 1.00. The number of hydrazine groups is 1. The van der Waals surface area contributed by atoms with E-state index in [1.54, 1.807) is 24.3 Å². The number of rotatable bonds is 2. The van der Waals surface area contributed by atoms with Gasteiger partial charge in [0.2, 0.25) is 0 Å². The van der Waals surface area contributed by atoms with Gasteiger partial charge in [-0.3, -0.25) is 16.1 Å². The molecule has 0 aromatic rings. The van der Waals surface area contributed by atoms with Crippen molar-refractivity contribution in [2.75, 3.05) is 0 Å². The van der Waals surface area contributed by atoms with Crippen LogP contribution in [0, 0.1) is 5.92 Å². The quantitative estimate of drug-likeness (QED) is 0.375. The Kier molecular flexibility index (Phi) is 2.40. The highest BCUT2D eigenvalue weighted by Gasteiger charge is 2.23. The fourth-order valence-corrected chi connectivity index (χ4v) is 1.00. The molecule has 0 saturated carbocycles. The predicted molar refractivity (Wildman–Crippen MR) is 40.5 cm³/mol. The molecule has 0 saturated heterocycles. The van der Waals surface area contributed by atoms with Gasteiger partial charge in [-0.25, -0.2) is 0 Å². The summed E-state index contributed by atoms with van der Waals surface area (Å²) in [6, 6.07) is -0.294. The van der Waals surface area contributed by atoms with Gasteiger partial charge in [0.15, 0.2) is 0 Å². The Morgan fingerprint density at radius 3 is 2.55 bits per heavy atom. The van der Waals surface area contributed by atoms with E-state index < -0.39 is 11.9 Å². The molecule has 0 radical (unpaired) electrons. The lowest BCUT2D eigenvalue weighted by Crippen LogP contribution is -2.42. The molecule has 0 aromatic carbocycles. The van der Waals surface area contributed by atoms with Crippen molar-refractivity contribution in [1.29, 1.82) is 0 Å². The van der Waals surface area contributed by atoms with E-state index in [1.165, 1.54) is 0 Å². The van der Waals surface area contributed by atoms with Crippen LogP contribution in [0.15, 0.2) is 24.3 Å². The maximum Gasteiger partial charge on any atom is 0.312 e. The Morgan fingerprint density at radius 2 is 2.09 bits per heavy atom. The van der Waals surface area contributed by atoms with E-state index in [9.17, 15) is 4.79 Å². The molecule has 0 fully saturated rings. The van der Waals surface area contributed by atoms with Crippen molar-refractivity contribution in [3.63, 3.8) is 0 Å². The van der Waals surface area contributed by atoms with Crippen LogP contribution in [0.1, 0.15) is 0 Å². The topological polar surface area (TPSA) is 75.3 Å². The molecule has 4 heteroatoms. The maximum atomic E-state index is 10.5. The van der Waals surface area contributed by atoms with Crippen LogP contribution in [0.3, 0.4) is 0 Å². The second kappa shape index (κ2) is 3.32.